The van der Waals surface area contributed by atoms with E-state index >= 15 is 0 Å². The average Bonchev–Trinajstić information content (AvgIpc) is 3.55. The lowest BCUT2D eigenvalue weighted by atomic mass is 10.2. The van der Waals surface area contributed by atoms with Crippen LogP contribution in [0.3, 0.4) is 0 Å². The Hall–Kier alpha value is -2.96. The third kappa shape index (κ3) is 3.25. The third-order valence-corrected chi connectivity index (χ3v) is 5.48. The van der Waals surface area contributed by atoms with Crippen molar-refractivity contribution in [2.75, 3.05) is 36.0 Å². The normalized spacial score (nSPS) is 17.5. The van der Waals surface area contributed by atoms with E-state index in [2.05, 4.69) is 24.8 Å². The molecule has 2 fully saturated rings. The number of aromatic nitrogens is 4. The van der Waals surface area contributed by atoms with Crippen LogP contribution in [0.25, 0.3) is 10.9 Å². The molecule has 1 aliphatic heterocycles. The van der Waals surface area contributed by atoms with Gasteiger partial charge in [-0.25, -0.2) is 9.97 Å². The second kappa shape index (κ2) is 6.64. The summed E-state index contributed by atoms with van der Waals surface area (Å²) < 4.78 is 1.76. The van der Waals surface area contributed by atoms with Crippen LogP contribution >= 0.6 is 0 Å². The second-order valence-corrected chi connectivity index (χ2v) is 7.38. The number of fused-ring (bicyclic) bond motifs is 1. The van der Waals surface area contributed by atoms with Crippen LogP contribution in [0.4, 0.5) is 11.5 Å². The van der Waals surface area contributed by atoms with Crippen molar-refractivity contribution in [3.8, 4) is 0 Å². The largest absolute Gasteiger partial charge is 0.368 e. The van der Waals surface area contributed by atoms with Gasteiger partial charge >= 0.3 is 0 Å². The molecule has 0 atom stereocenters. The van der Waals surface area contributed by atoms with E-state index in [9.17, 15) is 4.79 Å². The minimum absolute atomic E-state index is 0.0749. The molecule has 0 unspecified atom stereocenters. The summed E-state index contributed by atoms with van der Waals surface area (Å²) in [5, 5.41) is 0.708. The zero-order valence-electron chi connectivity index (χ0n) is 15.2. The summed E-state index contributed by atoms with van der Waals surface area (Å²) in [7, 11) is 0. The molecule has 3 aromatic rings. The van der Waals surface area contributed by atoms with E-state index in [1.165, 1.54) is 12.8 Å². The molecule has 27 heavy (non-hydrogen) atoms. The molecule has 5 rings (SSSR count). The predicted octanol–water partition coefficient (Wildman–Crippen LogP) is 1.92. The highest BCUT2D eigenvalue weighted by atomic mass is 16.1. The maximum atomic E-state index is 12.7. The summed E-state index contributed by atoms with van der Waals surface area (Å²) in [6, 6.07) is 6.01. The molecule has 2 aliphatic rings. The summed E-state index contributed by atoms with van der Waals surface area (Å²) in [5.74, 6) is 1.58. The van der Waals surface area contributed by atoms with Gasteiger partial charge in [-0.05, 0) is 37.0 Å². The fourth-order valence-electron chi connectivity index (χ4n) is 3.70. The molecule has 0 bridgehead atoms. The molecule has 0 radical (unpaired) electrons. The number of hydrogen-bond donors (Lipinski definition) is 0. The van der Waals surface area contributed by atoms with Crippen LogP contribution in [0.2, 0.25) is 0 Å². The number of hydrogen-bond acceptors (Lipinski definition) is 6. The number of benzene rings is 1. The quantitative estimate of drug-likeness (QED) is 0.706. The van der Waals surface area contributed by atoms with Crippen LogP contribution in [0, 0.1) is 5.92 Å². The van der Waals surface area contributed by atoms with Crippen molar-refractivity contribution < 1.29 is 0 Å². The van der Waals surface area contributed by atoms with E-state index in [-0.39, 0.29) is 5.56 Å². The molecular weight excluding hydrogens is 340 g/mol. The van der Waals surface area contributed by atoms with Crippen molar-refractivity contribution in [1.82, 2.24) is 19.5 Å². The zero-order chi connectivity index (χ0) is 18.2. The van der Waals surface area contributed by atoms with Crippen molar-refractivity contribution in [3.05, 3.63) is 53.5 Å². The topological polar surface area (TPSA) is 67.2 Å². The van der Waals surface area contributed by atoms with Crippen LogP contribution in [-0.4, -0.2) is 45.7 Å². The molecule has 3 heterocycles. The standard InChI is InChI=1S/C20H22N6O/c27-20-17-4-3-16(11-18(17)23-14-26(20)13-15-1-2-15)24-7-9-25(10-8-24)19-12-21-5-6-22-19/h3-6,11-12,14-15H,1-2,7-10,13H2. The fourth-order valence-corrected chi connectivity index (χ4v) is 3.70. The van der Waals surface area contributed by atoms with E-state index in [0.29, 0.717) is 11.3 Å². The van der Waals surface area contributed by atoms with Crippen LogP contribution in [0.15, 0.2) is 47.9 Å². The van der Waals surface area contributed by atoms with Gasteiger partial charge in [0.2, 0.25) is 0 Å². The Bertz CT molecular complexity index is 1010. The Morgan fingerprint density at radius 1 is 1.00 bits per heavy atom. The van der Waals surface area contributed by atoms with Gasteiger partial charge in [0.05, 0.1) is 23.4 Å². The lowest BCUT2D eigenvalue weighted by Crippen LogP contribution is -2.46. The van der Waals surface area contributed by atoms with Gasteiger partial charge in [-0.1, -0.05) is 0 Å². The van der Waals surface area contributed by atoms with E-state index in [4.69, 9.17) is 0 Å². The van der Waals surface area contributed by atoms with Crippen molar-refractivity contribution in [2.24, 2.45) is 5.92 Å². The SMILES string of the molecule is O=c1c2ccc(N3CCN(c4cnccn4)CC3)cc2ncn1CC1CC1. The first-order valence-corrected chi connectivity index (χ1v) is 9.53. The monoisotopic (exact) mass is 362 g/mol. The van der Waals surface area contributed by atoms with Gasteiger partial charge in [-0.15, -0.1) is 0 Å². The highest BCUT2D eigenvalue weighted by Gasteiger charge is 2.23. The van der Waals surface area contributed by atoms with Gasteiger partial charge in [0.15, 0.2) is 0 Å². The highest BCUT2D eigenvalue weighted by Crippen LogP contribution is 2.30. The Morgan fingerprint density at radius 2 is 1.81 bits per heavy atom. The fraction of sp³-hybridized carbons (Fsp3) is 0.400. The van der Waals surface area contributed by atoms with Gasteiger partial charge < -0.3 is 9.80 Å². The number of piperazine rings is 1. The predicted molar refractivity (Wildman–Crippen MR) is 105 cm³/mol. The van der Waals surface area contributed by atoms with Crippen LogP contribution in [0.1, 0.15) is 12.8 Å². The second-order valence-electron chi connectivity index (χ2n) is 7.38. The minimum Gasteiger partial charge on any atom is -0.368 e. The Labute approximate surface area is 157 Å². The van der Waals surface area contributed by atoms with Gasteiger partial charge in [0.1, 0.15) is 5.82 Å². The van der Waals surface area contributed by atoms with Crippen LogP contribution < -0.4 is 15.4 Å². The molecule has 138 valence electrons. The summed E-state index contributed by atoms with van der Waals surface area (Å²) >= 11 is 0. The molecule has 1 saturated heterocycles. The summed E-state index contributed by atoms with van der Waals surface area (Å²) in [5.41, 5.74) is 1.97. The molecule has 7 heteroatoms. The molecular formula is C20H22N6O. The summed E-state index contributed by atoms with van der Waals surface area (Å²) in [4.78, 5) is 30.3. The van der Waals surface area contributed by atoms with E-state index < -0.39 is 0 Å². The first kappa shape index (κ1) is 16.2. The highest BCUT2D eigenvalue weighted by molar-refractivity contribution is 5.81. The van der Waals surface area contributed by atoms with Crippen molar-refractivity contribution in [3.63, 3.8) is 0 Å². The molecule has 2 aromatic heterocycles. The van der Waals surface area contributed by atoms with E-state index in [1.807, 2.05) is 24.4 Å². The smallest absolute Gasteiger partial charge is 0.261 e. The molecule has 1 saturated carbocycles. The van der Waals surface area contributed by atoms with Gasteiger partial charge in [0, 0.05) is 50.8 Å². The van der Waals surface area contributed by atoms with E-state index in [1.54, 1.807) is 23.3 Å². The molecule has 0 N–H and O–H groups in total. The van der Waals surface area contributed by atoms with Gasteiger partial charge in [0.25, 0.3) is 5.56 Å². The molecule has 7 nitrogen and oxygen atoms in total. The Kier molecular flexibility index (Phi) is 3.99. The number of anilines is 2. The van der Waals surface area contributed by atoms with Crippen molar-refractivity contribution in [1.29, 1.82) is 0 Å². The Morgan fingerprint density at radius 3 is 2.56 bits per heavy atom. The number of nitrogens with zero attached hydrogens (tertiary/aromatic N) is 6. The van der Waals surface area contributed by atoms with Crippen LogP contribution in [-0.2, 0) is 6.54 Å². The molecule has 0 amide bonds. The van der Waals surface area contributed by atoms with Crippen molar-refractivity contribution >= 4 is 22.4 Å². The first-order chi connectivity index (χ1) is 13.3. The maximum absolute atomic E-state index is 12.7. The number of rotatable bonds is 4. The molecule has 1 aliphatic carbocycles. The van der Waals surface area contributed by atoms with Crippen molar-refractivity contribution in [2.45, 2.75) is 19.4 Å². The van der Waals surface area contributed by atoms with Gasteiger partial charge in [-0.3, -0.25) is 14.3 Å². The Balaban J connectivity index is 1.34. The maximum Gasteiger partial charge on any atom is 0.261 e. The summed E-state index contributed by atoms with van der Waals surface area (Å²) in [6.45, 7) is 4.40. The van der Waals surface area contributed by atoms with E-state index in [0.717, 1.165) is 49.7 Å². The zero-order valence-corrected chi connectivity index (χ0v) is 15.2. The minimum atomic E-state index is 0.0749. The lowest BCUT2D eigenvalue weighted by molar-refractivity contribution is 0.602. The average molecular weight is 362 g/mol. The van der Waals surface area contributed by atoms with Crippen LogP contribution in [0.5, 0.6) is 0 Å². The third-order valence-electron chi connectivity index (χ3n) is 5.48. The molecule has 1 aromatic carbocycles. The lowest BCUT2D eigenvalue weighted by Gasteiger charge is -2.36. The first-order valence-electron chi connectivity index (χ1n) is 9.53. The molecule has 0 spiro atoms. The summed E-state index contributed by atoms with van der Waals surface area (Å²) in [6.07, 6.45) is 9.39. The van der Waals surface area contributed by atoms with Gasteiger partial charge in [-0.2, -0.15) is 0 Å².